The Morgan fingerprint density at radius 2 is 2.27 bits per heavy atom. The van der Waals surface area contributed by atoms with Gasteiger partial charge < -0.3 is 15.0 Å². The van der Waals surface area contributed by atoms with E-state index >= 15 is 0 Å². The topological polar surface area (TPSA) is 41.6 Å². The molecular weight excluding hydrogens is 216 g/mol. The van der Waals surface area contributed by atoms with Gasteiger partial charge in [-0.25, -0.2) is 0 Å². The minimum atomic E-state index is 0. The van der Waals surface area contributed by atoms with Crippen LogP contribution >= 0.6 is 12.4 Å². The van der Waals surface area contributed by atoms with Crippen molar-refractivity contribution in [2.24, 2.45) is 0 Å². The SMILES string of the molecule is COCCN(C)C(=O)[C@H]1CCCCN1.Cl. The molecule has 0 aromatic carbocycles. The van der Waals surface area contributed by atoms with Crippen molar-refractivity contribution in [3.8, 4) is 0 Å². The minimum Gasteiger partial charge on any atom is -0.383 e. The Morgan fingerprint density at radius 1 is 1.53 bits per heavy atom. The summed E-state index contributed by atoms with van der Waals surface area (Å²) < 4.78 is 4.94. The molecule has 15 heavy (non-hydrogen) atoms. The van der Waals surface area contributed by atoms with E-state index in [1.165, 1.54) is 6.42 Å². The minimum absolute atomic E-state index is 0. The predicted molar refractivity (Wildman–Crippen MR) is 62.4 cm³/mol. The van der Waals surface area contributed by atoms with E-state index in [0.29, 0.717) is 13.2 Å². The molecule has 0 radical (unpaired) electrons. The first-order chi connectivity index (χ1) is 6.75. The summed E-state index contributed by atoms with van der Waals surface area (Å²) in [5.74, 6) is 0.196. The second-order valence-electron chi connectivity index (χ2n) is 3.76. The van der Waals surface area contributed by atoms with Crippen LogP contribution in [-0.2, 0) is 9.53 Å². The van der Waals surface area contributed by atoms with Crippen molar-refractivity contribution in [2.75, 3.05) is 33.9 Å². The van der Waals surface area contributed by atoms with Gasteiger partial charge in [0.1, 0.15) is 0 Å². The summed E-state index contributed by atoms with van der Waals surface area (Å²) in [7, 11) is 3.48. The first kappa shape index (κ1) is 14.7. The summed E-state index contributed by atoms with van der Waals surface area (Å²) in [6.45, 7) is 2.25. The maximum atomic E-state index is 11.8. The molecule has 0 aliphatic carbocycles. The molecule has 1 N–H and O–H groups in total. The van der Waals surface area contributed by atoms with Crippen molar-refractivity contribution in [2.45, 2.75) is 25.3 Å². The van der Waals surface area contributed by atoms with Crippen molar-refractivity contribution in [1.29, 1.82) is 0 Å². The molecule has 90 valence electrons. The third-order valence-electron chi connectivity index (χ3n) is 2.62. The van der Waals surface area contributed by atoms with Gasteiger partial charge in [-0.15, -0.1) is 12.4 Å². The number of methoxy groups -OCH3 is 1. The van der Waals surface area contributed by atoms with Crippen LogP contribution in [0.3, 0.4) is 0 Å². The van der Waals surface area contributed by atoms with Gasteiger partial charge in [0.15, 0.2) is 0 Å². The lowest BCUT2D eigenvalue weighted by Crippen LogP contribution is -2.47. The van der Waals surface area contributed by atoms with Crippen molar-refractivity contribution >= 4 is 18.3 Å². The van der Waals surface area contributed by atoms with Gasteiger partial charge in [0.25, 0.3) is 0 Å². The number of ether oxygens (including phenoxy) is 1. The molecule has 0 unspecified atom stereocenters. The van der Waals surface area contributed by atoms with E-state index in [4.69, 9.17) is 4.74 Å². The highest BCUT2D eigenvalue weighted by Gasteiger charge is 2.22. The number of halogens is 1. The van der Waals surface area contributed by atoms with Gasteiger partial charge in [0.2, 0.25) is 5.91 Å². The van der Waals surface area contributed by atoms with Gasteiger partial charge in [-0.05, 0) is 19.4 Å². The van der Waals surface area contributed by atoms with E-state index in [1.54, 1.807) is 12.0 Å². The number of hydrogen-bond donors (Lipinski definition) is 1. The standard InChI is InChI=1S/C10H20N2O2.ClH/c1-12(7-8-14-2)10(13)9-5-3-4-6-11-9;/h9,11H,3-8H2,1-2H3;1H/t9-;/m1./s1. The van der Waals surface area contributed by atoms with Crippen LogP contribution < -0.4 is 5.32 Å². The highest BCUT2D eigenvalue weighted by Crippen LogP contribution is 2.08. The summed E-state index contributed by atoms with van der Waals surface area (Å²) in [5.41, 5.74) is 0. The average Bonchev–Trinajstić information content (AvgIpc) is 2.26. The Bertz CT molecular complexity index is 184. The second-order valence-corrected chi connectivity index (χ2v) is 3.76. The van der Waals surface area contributed by atoms with Crippen molar-refractivity contribution < 1.29 is 9.53 Å². The summed E-state index contributed by atoms with van der Waals surface area (Å²) in [6, 6.07) is 0.0330. The van der Waals surface area contributed by atoms with Crippen LogP contribution in [0.2, 0.25) is 0 Å². The molecule has 1 atom stereocenters. The molecule has 1 heterocycles. The first-order valence-electron chi connectivity index (χ1n) is 5.23. The highest BCUT2D eigenvalue weighted by atomic mass is 35.5. The van der Waals surface area contributed by atoms with Gasteiger partial charge in [-0.2, -0.15) is 0 Å². The Morgan fingerprint density at radius 3 is 2.80 bits per heavy atom. The van der Waals surface area contributed by atoms with E-state index in [0.717, 1.165) is 19.4 Å². The number of amides is 1. The second kappa shape index (κ2) is 7.91. The number of likely N-dealkylation sites (N-methyl/N-ethyl adjacent to an activating group) is 1. The van der Waals surface area contributed by atoms with Crippen LogP contribution in [0.15, 0.2) is 0 Å². The Hall–Kier alpha value is -0.320. The zero-order valence-electron chi connectivity index (χ0n) is 9.49. The lowest BCUT2D eigenvalue weighted by Gasteiger charge is -2.27. The molecule has 4 nitrogen and oxygen atoms in total. The zero-order valence-corrected chi connectivity index (χ0v) is 10.3. The largest absolute Gasteiger partial charge is 0.383 e. The number of nitrogens with zero attached hydrogens (tertiary/aromatic N) is 1. The van der Waals surface area contributed by atoms with E-state index < -0.39 is 0 Å². The van der Waals surface area contributed by atoms with Gasteiger partial charge in [-0.1, -0.05) is 6.42 Å². The summed E-state index contributed by atoms with van der Waals surface area (Å²) in [6.07, 6.45) is 3.31. The third-order valence-corrected chi connectivity index (χ3v) is 2.62. The number of nitrogens with one attached hydrogen (secondary N) is 1. The number of hydrogen-bond acceptors (Lipinski definition) is 3. The fourth-order valence-electron chi connectivity index (χ4n) is 1.67. The fourth-order valence-corrected chi connectivity index (χ4v) is 1.67. The van der Waals surface area contributed by atoms with E-state index in [2.05, 4.69) is 5.32 Å². The molecule has 1 aliphatic rings. The van der Waals surface area contributed by atoms with Crippen molar-refractivity contribution in [3.63, 3.8) is 0 Å². The highest BCUT2D eigenvalue weighted by molar-refractivity contribution is 5.85. The monoisotopic (exact) mass is 236 g/mol. The number of carbonyl (C=O) groups excluding carboxylic acids is 1. The lowest BCUT2D eigenvalue weighted by molar-refractivity contribution is -0.133. The van der Waals surface area contributed by atoms with Gasteiger partial charge in [0.05, 0.1) is 12.6 Å². The molecular formula is C10H21ClN2O2. The fraction of sp³-hybridized carbons (Fsp3) is 0.900. The Balaban J connectivity index is 0.00000196. The van der Waals surface area contributed by atoms with Crippen LogP contribution in [-0.4, -0.2) is 50.7 Å². The summed E-state index contributed by atoms with van der Waals surface area (Å²) in [4.78, 5) is 13.6. The molecule has 1 fully saturated rings. The van der Waals surface area contributed by atoms with Gasteiger partial charge in [0, 0.05) is 20.7 Å². The van der Waals surface area contributed by atoms with Gasteiger partial charge >= 0.3 is 0 Å². The first-order valence-corrected chi connectivity index (χ1v) is 5.23. The van der Waals surface area contributed by atoms with Crippen molar-refractivity contribution in [3.05, 3.63) is 0 Å². The zero-order chi connectivity index (χ0) is 10.4. The molecule has 1 amide bonds. The normalized spacial score (nSPS) is 20.5. The Labute approximate surface area is 97.8 Å². The maximum absolute atomic E-state index is 11.8. The summed E-state index contributed by atoms with van der Waals surface area (Å²) in [5, 5.41) is 3.24. The number of piperidine rings is 1. The van der Waals surface area contributed by atoms with Crippen LogP contribution in [0.5, 0.6) is 0 Å². The van der Waals surface area contributed by atoms with Crippen molar-refractivity contribution in [1.82, 2.24) is 10.2 Å². The lowest BCUT2D eigenvalue weighted by atomic mass is 10.0. The number of rotatable bonds is 4. The predicted octanol–water partition coefficient (Wildman–Crippen LogP) is 0.655. The smallest absolute Gasteiger partial charge is 0.239 e. The Kier molecular flexibility index (Phi) is 7.74. The number of carbonyl (C=O) groups is 1. The van der Waals surface area contributed by atoms with Crippen LogP contribution in [0.1, 0.15) is 19.3 Å². The quantitative estimate of drug-likeness (QED) is 0.780. The molecule has 0 spiro atoms. The molecule has 0 saturated carbocycles. The molecule has 0 bridgehead atoms. The molecule has 0 aromatic rings. The van der Waals surface area contributed by atoms with E-state index in [-0.39, 0.29) is 24.4 Å². The molecule has 1 saturated heterocycles. The van der Waals surface area contributed by atoms with Crippen LogP contribution in [0, 0.1) is 0 Å². The van der Waals surface area contributed by atoms with Crippen LogP contribution in [0.25, 0.3) is 0 Å². The summed E-state index contributed by atoms with van der Waals surface area (Å²) >= 11 is 0. The van der Waals surface area contributed by atoms with E-state index in [1.807, 2.05) is 7.05 Å². The average molecular weight is 237 g/mol. The van der Waals surface area contributed by atoms with Gasteiger partial charge in [-0.3, -0.25) is 4.79 Å². The van der Waals surface area contributed by atoms with E-state index in [9.17, 15) is 4.79 Å². The molecule has 5 heteroatoms. The maximum Gasteiger partial charge on any atom is 0.239 e. The molecule has 1 rings (SSSR count). The molecule has 0 aromatic heterocycles. The molecule has 1 aliphatic heterocycles. The third kappa shape index (κ3) is 4.82. The van der Waals surface area contributed by atoms with Crippen LogP contribution in [0.4, 0.5) is 0 Å².